The minimum atomic E-state index is 0.421. The van der Waals surface area contributed by atoms with Crippen molar-refractivity contribution in [1.82, 2.24) is 0 Å². The largest absolute Gasteiger partial charge is 0.316 e. The van der Waals surface area contributed by atoms with Crippen LogP contribution in [0.5, 0.6) is 0 Å². The molecule has 0 amide bonds. The number of hydrogen-bond acceptors (Lipinski definition) is 3. The van der Waals surface area contributed by atoms with Gasteiger partial charge in [-0.15, -0.1) is 0 Å². The van der Waals surface area contributed by atoms with Crippen LogP contribution in [0.4, 0.5) is 0 Å². The predicted molar refractivity (Wildman–Crippen MR) is 26.4 cm³/mol. The molecule has 0 aromatic heterocycles. The minimum absolute atomic E-state index is 0.421. The van der Waals surface area contributed by atoms with Crippen LogP contribution in [0.15, 0.2) is 24.5 Å². The van der Waals surface area contributed by atoms with E-state index in [2.05, 4.69) is 14.8 Å². The number of hydrogen-bond donors (Lipinski definition) is 0. The summed E-state index contributed by atoms with van der Waals surface area (Å²) in [5, 5.41) is 4.14. The lowest BCUT2D eigenvalue weighted by Gasteiger charge is -1.97. The average Bonchev–Trinajstić information content (AvgIpc) is 1.62. The molecule has 1 aliphatic rings. The fourth-order valence-corrected chi connectivity index (χ4v) is 0.329. The van der Waals surface area contributed by atoms with Gasteiger partial charge in [0.25, 0.3) is 0 Å². The van der Waals surface area contributed by atoms with Crippen molar-refractivity contribution in [1.29, 1.82) is 0 Å². The summed E-state index contributed by atoms with van der Waals surface area (Å²) in [6.07, 6.45) is 6.71. The molecular weight excluding hydrogens is 108 g/mol. The lowest BCUT2D eigenvalue weighted by atomic mass is 10.5. The minimum Gasteiger partial charge on any atom is -0.316 e. The topological polar surface area (TPSA) is 27.7 Å². The summed E-state index contributed by atoms with van der Waals surface area (Å²) >= 11 is 0. The smallest absolute Gasteiger partial charge is 0.132 e. The summed E-state index contributed by atoms with van der Waals surface area (Å²) in [5.74, 6) is 0. The summed E-state index contributed by atoms with van der Waals surface area (Å²) in [6, 6.07) is 0. The standard InChI is InChI=1S/C5H6O3/c1-2-4-6-8-7-5-3-1/h1-4H,5H2/b3-1-,4-2-. The van der Waals surface area contributed by atoms with Crippen LogP contribution in [0, 0.1) is 0 Å². The first-order valence-corrected chi connectivity index (χ1v) is 2.27. The van der Waals surface area contributed by atoms with Gasteiger partial charge in [0, 0.05) is 0 Å². The Morgan fingerprint density at radius 3 is 3.25 bits per heavy atom. The van der Waals surface area contributed by atoms with Crippen LogP contribution in [0.2, 0.25) is 0 Å². The van der Waals surface area contributed by atoms with Gasteiger partial charge in [0.1, 0.15) is 12.9 Å². The van der Waals surface area contributed by atoms with E-state index in [4.69, 9.17) is 0 Å². The van der Waals surface area contributed by atoms with Gasteiger partial charge in [-0.05, 0) is 11.1 Å². The molecule has 1 heterocycles. The quantitative estimate of drug-likeness (QED) is 0.439. The maximum Gasteiger partial charge on any atom is 0.132 e. The molecule has 0 aromatic rings. The van der Waals surface area contributed by atoms with Gasteiger partial charge in [-0.3, -0.25) is 0 Å². The Kier molecular flexibility index (Phi) is 2.16. The van der Waals surface area contributed by atoms with Crippen molar-refractivity contribution in [3.05, 3.63) is 24.5 Å². The molecule has 44 valence electrons. The molecule has 0 saturated heterocycles. The molecule has 0 bridgehead atoms. The predicted octanol–water partition coefficient (Wildman–Crippen LogP) is 0.950. The van der Waals surface area contributed by atoms with Crippen molar-refractivity contribution in [2.75, 3.05) is 6.61 Å². The zero-order chi connectivity index (χ0) is 5.66. The molecule has 0 fully saturated rings. The van der Waals surface area contributed by atoms with Gasteiger partial charge in [-0.2, -0.15) is 4.89 Å². The summed E-state index contributed by atoms with van der Waals surface area (Å²) in [4.78, 5) is 8.73. The first kappa shape index (κ1) is 5.34. The molecular formula is C5H6O3. The first-order valence-electron chi connectivity index (χ1n) is 2.27. The Balaban J connectivity index is 2.33. The Morgan fingerprint density at radius 2 is 2.25 bits per heavy atom. The maximum atomic E-state index is 4.41. The molecule has 0 N–H and O–H groups in total. The fourth-order valence-electron chi connectivity index (χ4n) is 0.329. The van der Waals surface area contributed by atoms with Crippen molar-refractivity contribution in [3.63, 3.8) is 0 Å². The molecule has 1 aliphatic heterocycles. The molecule has 0 atom stereocenters. The van der Waals surface area contributed by atoms with Crippen molar-refractivity contribution in [3.8, 4) is 0 Å². The molecule has 0 radical (unpaired) electrons. The Bertz CT molecular complexity index is 92.2. The summed E-state index contributed by atoms with van der Waals surface area (Å²) in [6.45, 7) is 0.421. The van der Waals surface area contributed by atoms with Crippen molar-refractivity contribution >= 4 is 0 Å². The number of allylic oxidation sites excluding steroid dienone is 2. The van der Waals surface area contributed by atoms with Crippen molar-refractivity contribution < 1.29 is 14.8 Å². The Hall–Kier alpha value is -0.800. The van der Waals surface area contributed by atoms with Crippen molar-refractivity contribution in [2.45, 2.75) is 0 Å². The van der Waals surface area contributed by atoms with Crippen LogP contribution in [-0.4, -0.2) is 6.61 Å². The molecule has 1 rings (SSSR count). The number of rotatable bonds is 0. The van der Waals surface area contributed by atoms with E-state index in [1.54, 1.807) is 12.2 Å². The molecule has 0 spiro atoms. The van der Waals surface area contributed by atoms with Crippen LogP contribution in [0.25, 0.3) is 0 Å². The normalized spacial score (nSPS) is 27.0. The van der Waals surface area contributed by atoms with Gasteiger partial charge in [0.05, 0.1) is 0 Å². The monoisotopic (exact) mass is 114 g/mol. The van der Waals surface area contributed by atoms with Crippen LogP contribution < -0.4 is 0 Å². The van der Waals surface area contributed by atoms with Gasteiger partial charge >= 0.3 is 0 Å². The SMILES string of the molecule is C1=C\COOO\C=C/1. The van der Waals surface area contributed by atoms with E-state index in [1.807, 2.05) is 6.08 Å². The molecule has 0 aliphatic carbocycles. The van der Waals surface area contributed by atoms with Gasteiger partial charge < -0.3 is 4.89 Å². The summed E-state index contributed by atoms with van der Waals surface area (Å²) in [5.41, 5.74) is 0. The third kappa shape index (κ3) is 1.77. The summed E-state index contributed by atoms with van der Waals surface area (Å²) in [7, 11) is 0. The fraction of sp³-hybridized carbons (Fsp3) is 0.200. The van der Waals surface area contributed by atoms with Crippen LogP contribution in [0.3, 0.4) is 0 Å². The second-order valence-corrected chi connectivity index (χ2v) is 1.21. The first-order chi connectivity index (χ1) is 4.00. The zero-order valence-electron chi connectivity index (χ0n) is 4.24. The third-order valence-corrected chi connectivity index (χ3v) is 0.633. The van der Waals surface area contributed by atoms with Gasteiger partial charge in [-0.1, -0.05) is 12.2 Å². The Labute approximate surface area is 47.0 Å². The molecule has 3 nitrogen and oxygen atoms in total. The lowest BCUT2D eigenvalue weighted by molar-refractivity contribution is -0.486. The van der Waals surface area contributed by atoms with Crippen molar-refractivity contribution in [2.24, 2.45) is 0 Å². The van der Waals surface area contributed by atoms with E-state index < -0.39 is 0 Å². The highest BCUT2D eigenvalue weighted by Crippen LogP contribution is 1.89. The van der Waals surface area contributed by atoms with Crippen LogP contribution in [-0.2, 0) is 14.8 Å². The van der Waals surface area contributed by atoms with E-state index in [1.165, 1.54) is 6.26 Å². The van der Waals surface area contributed by atoms with Gasteiger partial charge in [-0.25, -0.2) is 0 Å². The van der Waals surface area contributed by atoms with Gasteiger partial charge in [0.2, 0.25) is 0 Å². The van der Waals surface area contributed by atoms with E-state index in [9.17, 15) is 0 Å². The van der Waals surface area contributed by atoms with Crippen LogP contribution >= 0.6 is 0 Å². The highest BCUT2D eigenvalue weighted by Gasteiger charge is 1.83. The van der Waals surface area contributed by atoms with E-state index >= 15 is 0 Å². The lowest BCUT2D eigenvalue weighted by Crippen LogP contribution is -1.92. The molecule has 0 aromatic carbocycles. The highest BCUT2D eigenvalue weighted by molar-refractivity contribution is 4.99. The third-order valence-electron chi connectivity index (χ3n) is 0.633. The van der Waals surface area contributed by atoms with Gasteiger partial charge in [0.15, 0.2) is 0 Å². The maximum absolute atomic E-state index is 4.41. The second-order valence-electron chi connectivity index (χ2n) is 1.21. The summed E-state index contributed by atoms with van der Waals surface area (Å²) < 4.78 is 0. The molecule has 0 unspecified atom stereocenters. The highest BCUT2D eigenvalue weighted by atomic mass is 17.5. The van der Waals surface area contributed by atoms with E-state index in [-0.39, 0.29) is 0 Å². The van der Waals surface area contributed by atoms with E-state index in [0.29, 0.717) is 6.61 Å². The molecule has 3 heteroatoms. The van der Waals surface area contributed by atoms with E-state index in [0.717, 1.165) is 0 Å². The molecule has 0 saturated carbocycles. The molecule has 8 heavy (non-hydrogen) atoms. The van der Waals surface area contributed by atoms with Crippen LogP contribution in [0.1, 0.15) is 0 Å². The Morgan fingerprint density at radius 1 is 1.25 bits per heavy atom. The second kappa shape index (κ2) is 3.23. The average molecular weight is 114 g/mol. The zero-order valence-corrected chi connectivity index (χ0v) is 4.24.